The van der Waals surface area contributed by atoms with Gasteiger partial charge in [0.2, 0.25) is 0 Å². The van der Waals surface area contributed by atoms with Gasteiger partial charge in [-0.05, 0) is 60.7 Å². The number of halogens is 1. The van der Waals surface area contributed by atoms with E-state index in [0.717, 1.165) is 28.0 Å². The van der Waals surface area contributed by atoms with E-state index >= 15 is 0 Å². The molecule has 0 saturated heterocycles. The number of aryl methyl sites for hydroxylation is 1. The molecule has 0 aliphatic heterocycles. The summed E-state index contributed by atoms with van der Waals surface area (Å²) in [7, 11) is 1.65. The zero-order valence-corrected chi connectivity index (χ0v) is 10.7. The van der Waals surface area contributed by atoms with E-state index in [2.05, 4.69) is 5.32 Å². The molecule has 16 heavy (non-hydrogen) atoms. The fraction of sp³-hybridized carbons (Fsp3) is 0.417. The van der Waals surface area contributed by atoms with E-state index in [1.807, 2.05) is 26.8 Å². The Bertz CT molecular complexity index is 416. The molecule has 0 fully saturated rings. The predicted molar refractivity (Wildman–Crippen MR) is 65.3 cm³/mol. The summed E-state index contributed by atoms with van der Waals surface area (Å²) in [6.07, 6.45) is 0. The van der Waals surface area contributed by atoms with Crippen molar-refractivity contribution in [2.24, 2.45) is 0 Å². The number of nitrogens with one attached hydrogen (secondary N) is 1. The Morgan fingerprint density at radius 3 is 2.50 bits per heavy atom. The molecule has 0 aliphatic carbocycles. The van der Waals surface area contributed by atoms with E-state index in [4.69, 9.17) is 16.3 Å². The Balaban J connectivity index is 3.10. The van der Waals surface area contributed by atoms with Crippen LogP contribution < -0.4 is 10.1 Å². The Morgan fingerprint density at radius 1 is 1.38 bits per heavy atom. The van der Waals surface area contributed by atoms with E-state index in [1.54, 1.807) is 7.11 Å². The van der Waals surface area contributed by atoms with Crippen LogP contribution in [0.25, 0.3) is 0 Å². The van der Waals surface area contributed by atoms with Crippen molar-refractivity contribution in [1.82, 2.24) is 5.32 Å². The topological polar surface area (TPSA) is 38.3 Å². The molecule has 1 N–H and O–H groups in total. The van der Waals surface area contributed by atoms with Crippen LogP contribution in [-0.4, -0.2) is 12.5 Å². The molecule has 0 unspecified atom stereocenters. The molecule has 0 spiro atoms. The van der Waals surface area contributed by atoms with Crippen molar-refractivity contribution in [3.8, 4) is 5.75 Å². The van der Waals surface area contributed by atoms with Crippen molar-refractivity contribution in [2.45, 2.75) is 27.3 Å². The average Bonchev–Trinajstić information content (AvgIpc) is 2.22. The van der Waals surface area contributed by atoms with Crippen LogP contribution >= 0.6 is 11.6 Å². The van der Waals surface area contributed by atoms with Crippen LogP contribution in [0.2, 0.25) is 0 Å². The number of rotatable bonds is 3. The third-order valence-electron chi connectivity index (χ3n) is 2.83. The van der Waals surface area contributed by atoms with Gasteiger partial charge in [0, 0.05) is 6.54 Å². The normalized spacial score (nSPS) is 10.1. The van der Waals surface area contributed by atoms with E-state index < -0.39 is 5.37 Å². The van der Waals surface area contributed by atoms with E-state index in [0.29, 0.717) is 6.54 Å². The van der Waals surface area contributed by atoms with Gasteiger partial charge in [-0.1, -0.05) is 0 Å². The number of amides is 1. The van der Waals surface area contributed by atoms with Gasteiger partial charge < -0.3 is 10.1 Å². The Kier molecular flexibility index (Phi) is 4.19. The summed E-state index contributed by atoms with van der Waals surface area (Å²) < 4.78 is 5.27. The zero-order chi connectivity index (χ0) is 12.3. The maximum Gasteiger partial charge on any atom is 0.314 e. The van der Waals surface area contributed by atoms with Crippen LogP contribution in [0.5, 0.6) is 5.75 Å². The molecular weight excluding hydrogens is 226 g/mol. The lowest BCUT2D eigenvalue weighted by molar-refractivity contribution is 0.259. The van der Waals surface area contributed by atoms with Gasteiger partial charge in [-0.15, -0.1) is 0 Å². The van der Waals surface area contributed by atoms with Gasteiger partial charge in [-0.3, -0.25) is 4.79 Å². The fourth-order valence-corrected chi connectivity index (χ4v) is 1.81. The Hall–Kier alpha value is -1.22. The standard InChI is InChI=1S/C12H16ClNO2/c1-7-5-11(16-4)9(3)8(2)10(7)6-14-12(13)15/h5H,6H2,1-4H3,(H,14,15). The molecule has 1 rings (SSSR count). The molecule has 0 saturated carbocycles. The molecule has 0 bridgehead atoms. The van der Waals surface area contributed by atoms with Crippen LogP contribution in [0.3, 0.4) is 0 Å². The van der Waals surface area contributed by atoms with Crippen LogP contribution in [0.1, 0.15) is 22.3 Å². The molecule has 0 aliphatic rings. The van der Waals surface area contributed by atoms with Crippen molar-refractivity contribution in [3.05, 3.63) is 28.3 Å². The van der Waals surface area contributed by atoms with E-state index in [-0.39, 0.29) is 0 Å². The van der Waals surface area contributed by atoms with Gasteiger partial charge in [0.1, 0.15) is 5.75 Å². The highest BCUT2D eigenvalue weighted by molar-refractivity contribution is 6.62. The molecule has 0 heterocycles. The second kappa shape index (κ2) is 5.21. The highest BCUT2D eigenvalue weighted by Crippen LogP contribution is 2.27. The lowest BCUT2D eigenvalue weighted by atomic mass is 9.97. The second-order valence-corrected chi connectivity index (χ2v) is 4.09. The zero-order valence-electron chi connectivity index (χ0n) is 9.98. The fourth-order valence-electron chi connectivity index (χ4n) is 1.74. The molecule has 1 aromatic rings. The third-order valence-corrected chi connectivity index (χ3v) is 2.97. The molecule has 3 nitrogen and oxygen atoms in total. The summed E-state index contributed by atoms with van der Waals surface area (Å²) >= 11 is 5.26. The van der Waals surface area contributed by atoms with Crippen molar-refractivity contribution in [1.29, 1.82) is 0 Å². The number of ether oxygens (including phenoxy) is 1. The predicted octanol–water partition coefficient (Wildman–Crippen LogP) is 3.07. The van der Waals surface area contributed by atoms with Crippen LogP contribution in [0, 0.1) is 20.8 Å². The number of carbonyl (C=O) groups is 1. The maximum absolute atomic E-state index is 10.7. The Labute approximate surface area is 101 Å². The van der Waals surface area contributed by atoms with Crippen LogP contribution in [0.15, 0.2) is 6.07 Å². The number of carbonyl (C=O) groups excluding carboxylic acids is 1. The first-order valence-electron chi connectivity index (χ1n) is 5.04. The summed E-state index contributed by atoms with van der Waals surface area (Å²) in [6.45, 7) is 6.45. The Morgan fingerprint density at radius 2 is 2.00 bits per heavy atom. The van der Waals surface area contributed by atoms with Crippen molar-refractivity contribution in [2.75, 3.05) is 7.11 Å². The maximum atomic E-state index is 10.7. The summed E-state index contributed by atoms with van der Waals surface area (Å²) in [5.41, 5.74) is 4.40. The molecule has 1 amide bonds. The minimum atomic E-state index is -0.535. The number of hydrogen-bond acceptors (Lipinski definition) is 2. The first-order valence-corrected chi connectivity index (χ1v) is 5.42. The molecular formula is C12H16ClNO2. The van der Waals surface area contributed by atoms with Crippen molar-refractivity contribution < 1.29 is 9.53 Å². The minimum absolute atomic E-state index is 0.449. The lowest BCUT2D eigenvalue weighted by Gasteiger charge is -2.15. The third kappa shape index (κ3) is 2.67. The summed E-state index contributed by atoms with van der Waals surface area (Å²) in [6, 6.07) is 1.97. The van der Waals surface area contributed by atoms with Gasteiger partial charge >= 0.3 is 5.37 Å². The average molecular weight is 242 g/mol. The minimum Gasteiger partial charge on any atom is -0.496 e. The van der Waals surface area contributed by atoms with Gasteiger partial charge in [0.15, 0.2) is 0 Å². The molecule has 0 atom stereocenters. The SMILES string of the molecule is COc1cc(C)c(CNC(=O)Cl)c(C)c1C. The van der Waals surface area contributed by atoms with Crippen molar-refractivity contribution in [3.63, 3.8) is 0 Å². The summed E-state index contributed by atoms with van der Waals surface area (Å²) in [5.74, 6) is 0.871. The van der Waals surface area contributed by atoms with Gasteiger partial charge in [0.25, 0.3) is 0 Å². The van der Waals surface area contributed by atoms with E-state index in [1.165, 1.54) is 0 Å². The van der Waals surface area contributed by atoms with E-state index in [9.17, 15) is 4.79 Å². The number of hydrogen-bond donors (Lipinski definition) is 1. The number of benzene rings is 1. The second-order valence-electron chi connectivity index (χ2n) is 3.75. The first-order chi connectivity index (χ1) is 7.47. The van der Waals surface area contributed by atoms with Crippen molar-refractivity contribution >= 4 is 17.0 Å². The molecule has 88 valence electrons. The molecule has 4 heteroatoms. The largest absolute Gasteiger partial charge is 0.496 e. The monoisotopic (exact) mass is 241 g/mol. The first kappa shape index (κ1) is 12.8. The van der Waals surface area contributed by atoms with Crippen LogP contribution in [-0.2, 0) is 6.54 Å². The molecule has 1 aromatic carbocycles. The quantitative estimate of drug-likeness (QED) is 0.653. The molecule has 0 aromatic heterocycles. The van der Waals surface area contributed by atoms with Crippen LogP contribution in [0.4, 0.5) is 4.79 Å². The lowest BCUT2D eigenvalue weighted by Crippen LogP contribution is -2.17. The van der Waals surface area contributed by atoms with Gasteiger partial charge in [0.05, 0.1) is 7.11 Å². The highest BCUT2D eigenvalue weighted by atomic mass is 35.5. The summed E-state index contributed by atoms with van der Waals surface area (Å²) in [4.78, 5) is 10.7. The van der Waals surface area contributed by atoms with Gasteiger partial charge in [-0.25, -0.2) is 0 Å². The number of methoxy groups -OCH3 is 1. The smallest absolute Gasteiger partial charge is 0.314 e. The summed E-state index contributed by atoms with van der Waals surface area (Å²) in [5, 5.41) is 2.06. The molecule has 0 radical (unpaired) electrons. The highest BCUT2D eigenvalue weighted by Gasteiger charge is 2.10. The van der Waals surface area contributed by atoms with Gasteiger partial charge in [-0.2, -0.15) is 0 Å².